The number of carbonyl (C=O) groups is 1. The molecule has 0 spiro atoms. The van der Waals surface area contributed by atoms with Gasteiger partial charge in [0.2, 0.25) is 0 Å². The van der Waals surface area contributed by atoms with Crippen molar-refractivity contribution in [3.63, 3.8) is 0 Å². The topological polar surface area (TPSA) is 71.3 Å². The average molecular weight is 481 g/mol. The first-order valence-electron chi connectivity index (χ1n) is 11.0. The number of halogens is 2. The highest BCUT2D eigenvalue weighted by atomic mass is 32.1. The lowest BCUT2D eigenvalue weighted by Gasteiger charge is -2.31. The Morgan fingerprint density at radius 2 is 1.85 bits per heavy atom. The first-order chi connectivity index (χ1) is 16.5. The SMILES string of the molecule is Cc1onc(-c2ccccc2F)c1-c1csc(C2CCN(C(=O)Nc3ccc(F)cc3)CC2)n1. The molecule has 174 valence electrons. The summed E-state index contributed by atoms with van der Waals surface area (Å²) in [5, 5.41) is 9.83. The van der Waals surface area contributed by atoms with Crippen LogP contribution >= 0.6 is 11.3 Å². The fraction of sp³-hybridized carbons (Fsp3) is 0.240. The van der Waals surface area contributed by atoms with Crippen molar-refractivity contribution in [1.82, 2.24) is 15.0 Å². The number of benzene rings is 2. The number of hydrogen-bond acceptors (Lipinski definition) is 5. The summed E-state index contributed by atoms with van der Waals surface area (Å²) in [7, 11) is 0. The van der Waals surface area contributed by atoms with Crippen LogP contribution < -0.4 is 5.32 Å². The fourth-order valence-electron chi connectivity index (χ4n) is 4.17. The van der Waals surface area contributed by atoms with Gasteiger partial charge in [0.25, 0.3) is 0 Å². The molecule has 34 heavy (non-hydrogen) atoms. The Bertz CT molecular complexity index is 1310. The van der Waals surface area contributed by atoms with E-state index in [-0.39, 0.29) is 23.6 Å². The molecule has 1 fully saturated rings. The monoisotopic (exact) mass is 480 g/mol. The molecule has 3 heterocycles. The quantitative estimate of drug-likeness (QED) is 0.364. The Hall–Kier alpha value is -3.59. The molecular weight excluding hydrogens is 458 g/mol. The summed E-state index contributed by atoms with van der Waals surface area (Å²) < 4.78 is 32.8. The summed E-state index contributed by atoms with van der Waals surface area (Å²) in [6.45, 7) is 2.99. The van der Waals surface area contributed by atoms with Crippen molar-refractivity contribution in [3.8, 4) is 22.5 Å². The standard InChI is InChI=1S/C25H22F2N4O2S/c1-15-22(23(30-33-15)19-4-2-3-5-20(19)27)21-14-34-24(29-21)16-10-12-31(13-11-16)25(32)28-18-8-6-17(26)7-9-18/h2-9,14,16H,10-13H2,1H3,(H,28,32). The summed E-state index contributed by atoms with van der Waals surface area (Å²) in [4.78, 5) is 19.2. The predicted octanol–water partition coefficient (Wildman–Crippen LogP) is 6.46. The number of urea groups is 1. The van der Waals surface area contributed by atoms with Gasteiger partial charge < -0.3 is 14.7 Å². The van der Waals surface area contributed by atoms with Crippen LogP contribution in [0.1, 0.15) is 29.5 Å². The maximum Gasteiger partial charge on any atom is 0.321 e. The Morgan fingerprint density at radius 1 is 1.12 bits per heavy atom. The summed E-state index contributed by atoms with van der Waals surface area (Å²) in [6, 6.07) is 12.0. The van der Waals surface area contributed by atoms with Gasteiger partial charge in [-0.25, -0.2) is 18.6 Å². The van der Waals surface area contributed by atoms with Crippen LogP contribution in [0.15, 0.2) is 58.4 Å². The lowest BCUT2D eigenvalue weighted by atomic mass is 9.97. The van der Waals surface area contributed by atoms with Crippen LogP contribution in [0.3, 0.4) is 0 Å². The minimum absolute atomic E-state index is 0.195. The van der Waals surface area contributed by atoms with Crippen LogP contribution in [0.2, 0.25) is 0 Å². The second-order valence-corrected chi connectivity index (χ2v) is 9.10. The molecule has 2 aromatic heterocycles. The zero-order valence-corrected chi connectivity index (χ0v) is 19.2. The molecule has 0 saturated carbocycles. The molecule has 2 amide bonds. The molecule has 1 saturated heterocycles. The first-order valence-corrected chi connectivity index (χ1v) is 11.9. The van der Waals surface area contributed by atoms with Gasteiger partial charge in [-0.05, 0) is 56.2 Å². The van der Waals surface area contributed by atoms with Gasteiger partial charge in [0.1, 0.15) is 23.1 Å². The van der Waals surface area contributed by atoms with Crippen LogP contribution in [0.5, 0.6) is 0 Å². The summed E-state index contributed by atoms with van der Waals surface area (Å²) in [5.41, 5.74) is 2.80. The number of nitrogens with zero attached hydrogens (tertiary/aromatic N) is 3. The van der Waals surface area contributed by atoms with E-state index in [0.717, 1.165) is 17.8 Å². The van der Waals surface area contributed by atoms with Crippen molar-refractivity contribution in [3.05, 3.63) is 76.3 Å². The van der Waals surface area contributed by atoms with Crippen LogP contribution in [-0.4, -0.2) is 34.2 Å². The van der Waals surface area contributed by atoms with Crippen molar-refractivity contribution in [2.45, 2.75) is 25.7 Å². The van der Waals surface area contributed by atoms with Gasteiger partial charge >= 0.3 is 6.03 Å². The van der Waals surface area contributed by atoms with Crippen molar-refractivity contribution in [2.75, 3.05) is 18.4 Å². The number of aryl methyl sites for hydroxylation is 1. The Morgan fingerprint density at radius 3 is 2.59 bits per heavy atom. The number of carbonyl (C=O) groups excluding carboxylic acids is 1. The molecule has 0 atom stereocenters. The number of hydrogen-bond donors (Lipinski definition) is 1. The van der Waals surface area contributed by atoms with Crippen LogP contribution in [0, 0.1) is 18.6 Å². The molecule has 6 nitrogen and oxygen atoms in total. The van der Waals surface area contributed by atoms with E-state index in [9.17, 15) is 13.6 Å². The number of anilines is 1. The highest BCUT2D eigenvalue weighted by Crippen LogP contribution is 2.38. The van der Waals surface area contributed by atoms with Gasteiger partial charge in [0, 0.05) is 35.6 Å². The molecule has 4 aromatic rings. The van der Waals surface area contributed by atoms with Crippen molar-refractivity contribution in [1.29, 1.82) is 0 Å². The predicted molar refractivity (Wildman–Crippen MR) is 127 cm³/mol. The molecule has 5 rings (SSSR count). The van der Waals surface area contributed by atoms with E-state index in [4.69, 9.17) is 9.51 Å². The maximum atomic E-state index is 14.4. The van der Waals surface area contributed by atoms with Gasteiger partial charge in [-0.15, -0.1) is 11.3 Å². The van der Waals surface area contributed by atoms with Crippen molar-refractivity contribution >= 4 is 23.1 Å². The van der Waals surface area contributed by atoms with E-state index in [1.54, 1.807) is 53.5 Å². The molecule has 9 heteroatoms. The van der Waals surface area contributed by atoms with E-state index in [1.807, 2.05) is 5.38 Å². The lowest BCUT2D eigenvalue weighted by molar-refractivity contribution is 0.194. The molecule has 0 aliphatic carbocycles. The van der Waals surface area contributed by atoms with Gasteiger partial charge in [-0.1, -0.05) is 17.3 Å². The minimum atomic E-state index is -0.362. The van der Waals surface area contributed by atoms with Gasteiger partial charge in [0.05, 0.1) is 16.3 Å². The van der Waals surface area contributed by atoms with Gasteiger partial charge in [0.15, 0.2) is 0 Å². The van der Waals surface area contributed by atoms with Gasteiger partial charge in [-0.2, -0.15) is 0 Å². The molecular formula is C25H22F2N4O2S. The number of rotatable bonds is 4. The number of likely N-dealkylation sites (tertiary alicyclic amines) is 1. The van der Waals surface area contributed by atoms with E-state index < -0.39 is 0 Å². The molecule has 1 aliphatic heterocycles. The van der Waals surface area contributed by atoms with Gasteiger partial charge in [-0.3, -0.25) is 0 Å². The van der Waals surface area contributed by atoms with Crippen molar-refractivity contribution < 1.29 is 18.1 Å². The van der Waals surface area contributed by atoms with Crippen molar-refractivity contribution in [2.24, 2.45) is 0 Å². The largest absolute Gasteiger partial charge is 0.360 e. The maximum absolute atomic E-state index is 14.4. The highest BCUT2D eigenvalue weighted by Gasteiger charge is 2.27. The number of thiazole rings is 1. The summed E-state index contributed by atoms with van der Waals surface area (Å²) >= 11 is 1.56. The molecule has 1 N–H and O–H groups in total. The minimum Gasteiger partial charge on any atom is -0.360 e. The smallest absolute Gasteiger partial charge is 0.321 e. The molecule has 0 radical (unpaired) electrons. The average Bonchev–Trinajstić information content (AvgIpc) is 3.47. The van der Waals surface area contributed by atoms with E-state index >= 15 is 0 Å². The number of aromatic nitrogens is 2. The van der Waals surface area contributed by atoms with E-state index in [0.29, 0.717) is 47.1 Å². The van der Waals surface area contributed by atoms with Crippen LogP contribution in [-0.2, 0) is 0 Å². The van der Waals surface area contributed by atoms with Crippen LogP contribution in [0.25, 0.3) is 22.5 Å². The normalized spacial score (nSPS) is 14.4. The van der Waals surface area contributed by atoms with E-state index in [1.165, 1.54) is 18.2 Å². The highest BCUT2D eigenvalue weighted by molar-refractivity contribution is 7.10. The molecule has 0 unspecified atom stereocenters. The van der Waals surface area contributed by atoms with Crippen LogP contribution in [0.4, 0.5) is 19.3 Å². The molecule has 1 aliphatic rings. The molecule has 2 aromatic carbocycles. The fourth-order valence-corrected chi connectivity index (χ4v) is 5.15. The van der Waals surface area contributed by atoms with E-state index in [2.05, 4.69) is 10.5 Å². The number of amides is 2. The third-order valence-corrected chi connectivity index (χ3v) is 7.00. The first kappa shape index (κ1) is 22.2. The number of nitrogens with one attached hydrogen (secondary N) is 1. The zero-order valence-electron chi connectivity index (χ0n) is 18.4. The third-order valence-electron chi connectivity index (χ3n) is 6.00. The second-order valence-electron chi connectivity index (χ2n) is 8.21. The molecule has 0 bridgehead atoms. The second kappa shape index (κ2) is 9.34. The summed E-state index contributed by atoms with van der Waals surface area (Å²) in [5.74, 6) is 0.107. The Labute approximate surface area is 199 Å². The number of piperidine rings is 1. The third kappa shape index (κ3) is 4.43. The lowest BCUT2D eigenvalue weighted by Crippen LogP contribution is -2.40. The summed E-state index contributed by atoms with van der Waals surface area (Å²) in [6.07, 6.45) is 1.57. The Kier molecular flexibility index (Phi) is 6.10. The zero-order chi connectivity index (χ0) is 23.7. The Balaban J connectivity index is 1.27.